The largest absolute Gasteiger partial charge is 0.361 e. The van der Waals surface area contributed by atoms with E-state index in [9.17, 15) is 14.4 Å². The number of amides is 3. The lowest BCUT2D eigenvalue weighted by molar-refractivity contribution is -0.132. The summed E-state index contributed by atoms with van der Waals surface area (Å²) in [4.78, 5) is 42.5. The van der Waals surface area contributed by atoms with Gasteiger partial charge in [-0.05, 0) is 39.3 Å². The molecule has 1 saturated heterocycles. The zero-order chi connectivity index (χ0) is 21.8. The Kier molecular flexibility index (Phi) is 6.51. The molecule has 2 heterocycles. The summed E-state index contributed by atoms with van der Waals surface area (Å²) < 4.78 is 5.13. The monoisotopic (exact) mass is 413 g/mol. The fourth-order valence-corrected chi connectivity index (χ4v) is 3.70. The SMILES string of the molecule is Cc1cccc(C(=O)N2CCCN(C(=O)c3c(C)noc3C)C2C(=O)NCCN)c1. The topological polar surface area (TPSA) is 122 Å². The second-order valence-corrected chi connectivity index (χ2v) is 7.37. The molecule has 1 aliphatic heterocycles. The lowest BCUT2D eigenvalue weighted by Gasteiger charge is -2.42. The molecule has 9 nitrogen and oxygen atoms in total. The Morgan fingerprint density at radius 2 is 1.87 bits per heavy atom. The highest BCUT2D eigenvalue weighted by Gasteiger charge is 2.41. The number of benzene rings is 1. The van der Waals surface area contributed by atoms with E-state index in [1.54, 1.807) is 32.0 Å². The number of nitrogens with one attached hydrogen (secondary N) is 1. The summed E-state index contributed by atoms with van der Waals surface area (Å²) in [5.41, 5.74) is 7.69. The molecule has 1 fully saturated rings. The van der Waals surface area contributed by atoms with Crippen molar-refractivity contribution in [1.82, 2.24) is 20.3 Å². The smallest absolute Gasteiger partial charge is 0.263 e. The molecule has 0 spiro atoms. The van der Waals surface area contributed by atoms with Crippen LogP contribution in [0.3, 0.4) is 0 Å². The van der Waals surface area contributed by atoms with E-state index in [0.717, 1.165) is 5.56 Å². The van der Waals surface area contributed by atoms with Gasteiger partial charge in [0.15, 0.2) is 6.17 Å². The molecule has 2 aromatic rings. The molecule has 1 aromatic carbocycles. The molecule has 3 N–H and O–H groups in total. The van der Waals surface area contributed by atoms with Crippen molar-refractivity contribution >= 4 is 17.7 Å². The number of carbonyl (C=O) groups excluding carboxylic acids is 3. The highest BCUT2D eigenvalue weighted by molar-refractivity contribution is 6.02. The van der Waals surface area contributed by atoms with E-state index in [0.29, 0.717) is 42.1 Å². The van der Waals surface area contributed by atoms with Gasteiger partial charge in [0, 0.05) is 31.7 Å². The summed E-state index contributed by atoms with van der Waals surface area (Å²) in [5.74, 6) is -0.759. The Labute approximate surface area is 175 Å². The summed E-state index contributed by atoms with van der Waals surface area (Å²) in [5, 5.41) is 6.56. The van der Waals surface area contributed by atoms with Crippen LogP contribution in [0, 0.1) is 20.8 Å². The fraction of sp³-hybridized carbons (Fsp3) is 0.429. The van der Waals surface area contributed by atoms with Gasteiger partial charge in [-0.25, -0.2) is 0 Å². The van der Waals surface area contributed by atoms with Crippen molar-refractivity contribution in [2.45, 2.75) is 33.4 Å². The molecule has 0 aliphatic carbocycles. The summed E-state index contributed by atoms with van der Waals surface area (Å²) in [6, 6.07) is 7.17. The number of nitrogens with zero attached hydrogens (tertiary/aromatic N) is 3. The highest BCUT2D eigenvalue weighted by Crippen LogP contribution is 2.23. The number of carbonyl (C=O) groups is 3. The third kappa shape index (κ3) is 4.20. The summed E-state index contributed by atoms with van der Waals surface area (Å²) in [6.45, 7) is 6.41. The molecule has 0 saturated carbocycles. The van der Waals surface area contributed by atoms with E-state index >= 15 is 0 Å². The number of hydrogen-bond acceptors (Lipinski definition) is 6. The quantitative estimate of drug-likeness (QED) is 0.754. The first kappa shape index (κ1) is 21.5. The number of nitrogens with two attached hydrogens (primary N) is 1. The number of aryl methyl sites for hydroxylation is 3. The normalized spacial score (nSPS) is 16.5. The molecule has 1 aromatic heterocycles. The van der Waals surface area contributed by atoms with Crippen LogP contribution in [0.2, 0.25) is 0 Å². The van der Waals surface area contributed by atoms with Crippen LogP contribution in [0.4, 0.5) is 0 Å². The highest BCUT2D eigenvalue weighted by atomic mass is 16.5. The Morgan fingerprint density at radius 1 is 1.17 bits per heavy atom. The van der Waals surface area contributed by atoms with Crippen LogP contribution in [0.15, 0.2) is 28.8 Å². The third-order valence-electron chi connectivity index (χ3n) is 5.10. The predicted molar refractivity (Wildman–Crippen MR) is 110 cm³/mol. The van der Waals surface area contributed by atoms with Gasteiger partial charge < -0.3 is 25.4 Å². The predicted octanol–water partition coefficient (Wildman–Crippen LogP) is 0.989. The molecule has 1 atom stereocenters. The number of hydrogen-bond donors (Lipinski definition) is 2. The van der Waals surface area contributed by atoms with Crippen LogP contribution in [0.5, 0.6) is 0 Å². The van der Waals surface area contributed by atoms with Gasteiger partial charge in [0.2, 0.25) is 0 Å². The molecule has 0 bridgehead atoms. The van der Waals surface area contributed by atoms with E-state index in [1.165, 1.54) is 9.80 Å². The van der Waals surface area contributed by atoms with E-state index in [2.05, 4.69) is 10.5 Å². The summed E-state index contributed by atoms with van der Waals surface area (Å²) in [6.07, 6.45) is -0.535. The molecule has 30 heavy (non-hydrogen) atoms. The minimum absolute atomic E-state index is 0.245. The van der Waals surface area contributed by atoms with Crippen molar-refractivity contribution in [3.05, 3.63) is 52.4 Å². The van der Waals surface area contributed by atoms with Gasteiger partial charge >= 0.3 is 0 Å². The number of aromatic nitrogens is 1. The standard InChI is InChI=1S/C21H27N5O4/c1-13-6-4-7-16(12-13)20(28)25-10-5-11-26(19(25)18(27)23-9-8-22)21(29)17-14(2)24-30-15(17)3/h4,6-7,12,19H,5,8-11,22H2,1-3H3,(H,23,27). The maximum absolute atomic E-state index is 13.3. The van der Waals surface area contributed by atoms with Crippen LogP contribution in [-0.2, 0) is 4.79 Å². The van der Waals surface area contributed by atoms with Crippen LogP contribution in [0.1, 0.15) is 44.2 Å². The van der Waals surface area contributed by atoms with Crippen molar-refractivity contribution in [3.63, 3.8) is 0 Å². The summed E-state index contributed by atoms with van der Waals surface area (Å²) in [7, 11) is 0. The van der Waals surface area contributed by atoms with Crippen molar-refractivity contribution in [3.8, 4) is 0 Å². The van der Waals surface area contributed by atoms with Crippen molar-refractivity contribution in [1.29, 1.82) is 0 Å². The maximum Gasteiger partial charge on any atom is 0.263 e. The Bertz CT molecular complexity index is 935. The van der Waals surface area contributed by atoms with E-state index in [1.807, 2.05) is 13.0 Å². The van der Waals surface area contributed by atoms with Gasteiger partial charge in [0.05, 0.1) is 5.69 Å². The Hall–Kier alpha value is -3.20. The second kappa shape index (κ2) is 9.08. The average molecular weight is 413 g/mol. The molecule has 9 heteroatoms. The molecule has 160 valence electrons. The Balaban J connectivity index is 1.98. The first-order valence-corrected chi connectivity index (χ1v) is 9.94. The van der Waals surface area contributed by atoms with E-state index in [-0.39, 0.29) is 24.9 Å². The Morgan fingerprint density at radius 3 is 2.47 bits per heavy atom. The first-order valence-electron chi connectivity index (χ1n) is 9.94. The third-order valence-corrected chi connectivity index (χ3v) is 5.10. The van der Waals surface area contributed by atoms with Gasteiger partial charge in [0.25, 0.3) is 17.7 Å². The molecular weight excluding hydrogens is 386 g/mol. The minimum Gasteiger partial charge on any atom is -0.361 e. The zero-order valence-corrected chi connectivity index (χ0v) is 17.5. The molecular formula is C21H27N5O4. The minimum atomic E-state index is -1.08. The molecule has 1 unspecified atom stereocenters. The van der Waals surface area contributed by atoms with Crippen LogP contribution in [-0.4, -0.2) is 65.0 Å². The van der Waals surface area contributed by atoms with Crippen LogP contribution >= 0.6 is 0 Å². The summed E-state index contributed by atoms with van der Waals surface area (Å²) >= 11 is 0. The first-order chi connectivity index (χ1) is 14.3. The molecule has 3 amide bonds. The van der Waals surface area contributed by atoms with E-state index < -0.39 is 12.1 Å². The van der Waals surface area contributed by atoms with Crippen molar-refractivity contribution in [2.75, 3.05) is 26.2 Å². The van der Waals surface area contributed by atoms with Crippen LogP contribution < -0.4 is 11.1 Å². The average Bonchev–Trinajstić information content (AvgIpc) is 3.08. The molecule has 3 rings (SSSR count). The maximum atomic E-state index is 13.3. The van der Waals surface area contributed by atoms with Crippen molar-refractivity contribution in [2.24, 2.45) is 5.73 Å². The molecule has 0 radical (unpaired) electrons. The van der Waals surface area contributed by atoms with Gasteiger partial charge in [-0.15, -0.1) is 0 Å². The van der Waals surface area contributed by atoms with Gasteiger partial charge in [-0.1, -0.05) is 22.9 Å². The van der Waals surface area contributed by atoms with Gasteiger partial charge in [-0.2, -0.15) is 0 Å². The second-order valence-electron chi connectivity index (χ2n) is 7.37. The van der Waals surface area contributed by atoms with Gasteiger partial charge in [0.1, 0.15) is 11.3 Å². The molecule has 1 aliphatic rings. The zero-order valence-electron chi connectivity index (χ0n) is 17.5. The fourth-order valence-electron chi connectivity index (χ4n) is 3.70. The van der Waals surface area contributed by atoms with Crippen molar-refractivity contribution < 1.29 is 18.9 Å². The van der Waals surface area contributed by atoms with Gasteiger partial charge in [-0.3, -0.25) is 14.4 Å². The van der Waals surface area contributed by atoms with E-state index in [4.69, 9.17) is 10.3 Å². The van der Waals surface area contributed by atoms with Crippen LogP contribution in [0.25, 0.3) is 0 Å². The lowest BCUT2D eigenvalue weighted by atomic mass is 10.1. The lowest BCUT2D eigenvalue weighted by Crippen LogP contribution is -2.63. The number of rotatable bonds is 5.